The summed E-state index contributed by atoms with van der Waals surface area (Å²) >= 11 is 0. The van der Waals surface area contributed by atoms with E-state index in [1.165, 1.54) is 38.4 Å². The Balaban J connectivity index is 1.69. The van der Waals surface area contributed by atoms with E-state index >= 15 is 0 Å². The van der Waals surface area contributed by atoms with E-state index in [2.05, 4.69) is 5.32 Å². The molecule has 1 N–H and O–H groups in total. The number of nitrogens with one attached hydrogen (secondary N) is 1. The van der Waals surface area contributed by atoms with Gasteiger partial charge in [0.2, 0.25) is 15.9 Å². The Morgan fingerprint density at radius 1 is 1.14 bits per heavy atom. The predicted molar refractivity (Wildman–Crippen MR) is 106 cm³/mol. The van der Waals surface area contributed by atoms with Gasteiger partial charge in [0, 0.05) is 44.9 Å². The summed E-state index contributed by atoms with van der Waals surface area (Å²) in [5.41, 5.74) is 1.93. The Bertz CT molecular complexity index is 985. The molecule has 0 bridgehead atoms. The molecule has 1 aliphatic heterocycles. The molecule has 0 atom stereocenters. The number of likely N-dealkylation sites (tertiary alicyclic amines) is 1. The first-order valence-electron chi connectivity index (χ1n) is 8.98. The van der Waals surface area contributed by atoms with Crippen molar-refractivity contribution in [1.82, 2.24) is 9.21 Å². The summed E-state index contributed by atoms with van der Waals surface area (Å²) < 4.78 is 25.3. The fourth-order valence-corrected chi connectivity index (χ4v) is 3.93. The van der Waals surface area contributed by atoms with E-state index in [-0.39, 0.29) is 16.7 Å². The highest BCUT2D eigenvalue weighted by Crippen LogP contribution is 2.19. The minimum Gasteiger partial charge on any atom is -0.338 e. The molecule has 1 fully saturated rings. The number of sulfonamides is 1. The van der Waals surface area contributed by atoms with Crippen LogP contribution in [0.1, 0.15) is 28.8 Å². The van der Waals surface area contributed by atoms with Gasteiger partial charge in [0.05, 0.1) is 4.90 Å². The van der Waals surface area contributed by atoms with E-state index in [9.17, 15) is 18.0 Å². The van der Waals surface area contributed by atoms with E-state index in [0.717, 1.165) is 22.8 Å². The Morgan fingerprint density at radius 2 is 1.86 bits per heavy atom. The summed E-state index contributed by atoms with van der Waals surface area (Å²) in [5, 5.41) is 2.81. The summed E-state index contributed by atoms with van der Waals surface area (Å²) in [6.45, 7) is 1.29. The molecular formula is C20H23N3O4S. The molecule has 0 aromatic heterocycles. The van der Waals surface area contributed by atoms with Crippen LogP contribution in [0.4, 0.5) is 5.69 Å². The van der Waals surface area contributed by atoms with Crippen molar-refractivity contribution in [2.24, 2.45) is 0 Å². The third-order valence-corrected chi connectivity index (χ3v) is 6.45. The standard InChI is InChI=1S/C20H23N3O4S/c1-22(2)28(26,27)18-10-8-16(9-11-18)20(25)21-17-6-3-5-15(13-17)14-23-12-4-7-19(23)24/h3,5-6,8-11,13H,4,7,12,14H2,1-2H3,(H,21,25). The monoisotopic (exact) mass is 401 g/mol. The molecule has 0 radical (unpaired) electrons. The first kappa shape index (κ1) is 20.0. The number of hydrogen-bond donors (Lipinski definition) is 1. The lowest BCUT2D eigenvalue weighted by Gasteiger charge is -2.16. The van der Waals surface area contributed by atoms with Crippen LogP contribution < -0.4 is 5.32 Å². The zero-order valence-corrected chi connectivity index (χ0v) is 16.7. The third-order valence-electron chi connectivity index (χ3n) is 4.62. The van der Waals surface area contributed by atoms with Gasteiger partial charge in [-0.05, 0) is 48.4 Å². The van der Waals surface area contributed by atoms with Crippen LogP contribution in [0, 0.1) is 0 Å². The van der Waals surface area contributed by atoms with Crippen molar-refractivity contribution in [2.45, 2.75) is 24.3 Å². The van der Waals surface area contributed by atoms with Gasteiger partial charge in [-0.1, -0.05) is 12.1 Å². The lowest BCUT2D eigenvalue weighted by atomic mass is 10.1. The normalized spacial score (nSPS) is 14.5. The molecule has 0 unspecified atom stereocenters. The molecule has 2 aromatic rings. The lowest BCUT2D eigenvalue weighted by molar-refractivity contribution is -0.128. The minimum absolute atomic E-state index is 0.131. The highest BCUT2D eigenvalue weighted by atomic mass is 32.2. The van der Waals surface area contributed by atoms with Gasteiger partial charge in [-0.15, -0.1) is 0 Å². The fourth-order valence-electron chi connectivity index (χ4n) is 3.03. The fraction of sp³-hybridized carbons (Fsp3) is 0.300. The van der Waals surface area contributed by atoms with E-state index in [0.29, 0.717) is 24.2 Å². The molecule has 1 saturated heterocycles. The molecule has 2 amide bonds. The van der Waals surface area contributed by atoms with Crippen molar-refractivity contribution in [3.8, 4) is 0 Å². The van der Waals surface area contributed by atoms with Crippen molar-refractivity contribution >= 4 is 27.5 Å². The molecule has 7 nitrogen and oxygen atoms in total. The predicted octanol–water partition coefficient (Wildman–Crippen LogP) is 2.31. The SMILES string of the molecule is CN(C)S(=O)(=O)c1ccc(C(=O)Nc2cccc(CN3CCCC3=O)c2)cc1. The van der Waals surface area contributed by atoms with Crippen molar-refractivity contribution < 1.29 is 18.0 Å². The average molecular weight is 401 g/mol. The lowest BCUT2D eigenvalue weighted by Crippen LogP contribution is -2.23. The minimum atomic E-state index is -3.53. The molecule has 0 spiro atoms. The Hall–Kier alpha value is -2.71. The van der Waals surface area contributed by atoms with E-state index < -0.39 is 10.0 Å². The van der Waals surface area contributed by atoms with Gasteiger partial charge < -0.3 is 10.2 Å². The number of benzene rings is 2. The topological polar surface area (TPSA) is 86.8 Å². The van der Waals surface area contributed by atoms with Crippen LogP contribution >= 0.6 is 0 Å². The first-order chi connectivity index (χ1) is 13.3. The summed E-state index contributed by atoms with van der Waals surface area (Å²) in [6, 6.07) is 13.2. The Labute approximate surface area is 165 Å². The molecule has 3 rings (SSSR count). The summed E-state index contributed by atoms with van der Waals surface area (Å²) in [7, 11) is -0.617. The van der Waals surface area contributed by atoms with E-state index in [4.69, 9.17) is 0 Å². The second-order valence-electron chi connectivity index (χ2n) is 6.89. The molecule has 1 aliphatic rings. The van der Waals surface area contributed by atoms with E-state index in [1.807, 2.05) is 23.1 Å². The van der Waals surface area contributed by atoms with Gasteiger partial charge in [0.1, 0.15) is 0 Å². The highest BCUT2D eigenvalue weighted by Gasteiger charge is 2.20. The van der Waals surface area contributed by atoms with Gasteiger partial charge in [-0.3, -0.25) is 9.59 Å². The molecular weight excluding hydrogens is 378 g/mol. The van der Waals surface area contributed by atoms with Gasteiger partial charge in [-0.2, -0.15) is 0 Å². The van der Waals surface area contributed by atoms with Crippen LogP contribution in [0.3, 0.4) is 0 Å². The first-order valence-corrected chi connectivity index (χ1v) is 10.4. The zero-order chi connectivity index (χ0) is 20.3. The van der Waals surface area contributed by atoms with Crippen LogP contribution in [0.5, 0.6) is 0 Å². The Kier molecular flexibility index (Phi) is 5.81. The summed E-state index contributed by atoms with van der Waals surface area (Å²) in [4.78, 5) is 26.2. The Morgan fingerprint density at radius 3 is 2.46 bits per heavy atom. The molecule has 148 valence electrons. The second-order valence-corrected chi connectivity index (χ2v) is 9.04. The average Bonchev–Trinajstić information content (AvgIpc) is 3.06. The van der Waals surface area contributed by atoms with Crippen LogP contribution in [-0.2, 0) is 21.4 Å². The molecule has 1 heterocycles. The maximum absolute atomic E-state index is 12.5. The molecule has 0 aliphatic carbocycles. The van der Waals surface area contributed by atoms with Crippen LogP contribution in [-0.4, -0.2) is 50.1 Å². The second kappa shape index (κ2) is 8.12. The van der Waals surface area contributed by atoms with Crippen molar-refractivity contribution in [2.75, 3.05) is 26.0 Å². The summed E-state index contributed by atoms with van der Waals surface area (Å²) in [5.74, 6) is -0.176. The highest BCUT2D eigenvalue weighted by molar-refractivity contribution is 7.89. The van der Waals surface area contributed by atoms with E-state index in [1.54, 1.807) is 6.07 Å². The van der Waals surface area contributed by atoms with Crippen molar-refractivity contribution in [3.63, 3.8) is 0 Å². The number of amides is 2. The van der Waals surface area contributed by atoms with Gasteiger partial charge >= 0.3 is 0 Å². The van der Waals surface area contributed by atoms with Crippen LogP contribution in [0.2, 0.25) is 0 Å². The molecule has 28 heavy (non-hydrogen) atoms. The number of rotatable bonds is 6. The zero-order valence-electron chi connectivity index (χ0n) is 15.9. The summed E-state index contributed by atoms with van der Waals surface area (Å²) in [6.07, 6.45) is 1.48. The van der Waals surface area contributed by atoms with Gasteiger partial charge in [0.25, 0.3) is 5.91 Å². The number of carbonyl (C=O) groups excluding carboxylic acids is 2. The van der Waals surface area contributed by atoms with Crippen molar-refractivity contribution in [1.29, 1.82) is 0 Å². The maximum Gasteiger partial charge on any atom is 0.255 e. The van der Waals surface area contributed by atoms with Gasteiger partial charge in [-0.25, -0.2) is 12.7 Å². The van der Waals surface area contributed by atoms with Crippen molar-refractivity contribution in [3.05, 3.63) is 59.7 Å². The number of carbonyl (C=O) groups is 2. The number of hydrogen-bond acceptors (Lipinski definition) is 4. The maximum atomic E-state index is 12.5. The molecule has 8 heteroatoms. The van der Waals surface area contributed by atoms with Gasteiger partial charge in [0.15, 0.2) is 0 Å². The third kappa shape index (κ3) is 4.40. The molecule has 0 saturated carbocycles. The number of anilines is 1. The largest absolute Gasteiger partial charge is 0.338 e. The molecule has 2 aromatic carbocycles. The van der Waals surface area contributed by atoms with Crippen LogP contribution in [0.15, 0.2) is 53.4 Å². The number of nitrogens with zero attached hydrogens (tertiary/aromatic N) is 2. The smallest absolute Gasteiger partial charge is 0.255 e. The van der Waals surface area contributed by atoms with Crippen LogP contribution in [0.25, 0.3) is 0 Å². The quantitative estimate of drug-likeness (QED) is 0.805.